The molecule has 0 aliphatic rings. The molecule has 0 aromatic heterocycles. The number of allylic oxidation sites excluding steroid dienone is 1. The average Bonchev–Trinajstić information content (AvgIpc) is 2.24. The Bertz CT molecular complexity index is 192. The van der Waals surface area contributed by atoms with Gasteiger partial charge in [0.25, 0.3) is 0 Å². The fourth-order valence-electron chi connectivity index (χ4n) is 1.23. The maximum Gasteiger partial charge on any atom is 0.193 e. The number of hydrogen-bond acceptors (Lipinski definition) is 2. The SMILES string of the molecule is C=CCCCN(C)C(=NC)NCCOC. The molecule has 0 aliphatic heterocycles. The van der Waals surface area contributed by atoms with Crippen molar-refractivity contribution >= 4 is 5.96 Å². The van der Waals surface area contributed by atoms with Crippen molar-refractivity contribution in [3.8, 4) is 0 Å². The van der Waals surface area contributed by atoms with Crippen molar-refractivity contribution in [2.75, 3.05) is 40.9 Å². The predicted octanol–water partition coefficient (Wildman–Crippen LogP) is 1.11. The molecule has 0 atom stereocenters. The van der Waals surface area contributed by atoms with Crippen LogP contribution in [0.2, 0.25) is 0 Å². The number of nitrogens with one attached hydrogen (secondary N) is 1. The van der Waals surface area contributed by atoms with Crippen LogP contribution in [-0.2, 0) is 4.74 Å². The zero-order valence-electron chi connectivity index (χ0n) is 10.1. The van der Waals surface area contributed by atoms with E-state index in [1.165, 1.54) is 0 Å². The molecule has 0 amide bonds. The summed E-state index contributed by atoms with van der Waals surface area (Å²) in [5, 5.41) is 3.22. The second-order valence-electron chi connectivity index (χ2n) is 3.32. The van der Waals surface area contributed by atoms with Crippen molar-refractivity contribution in [3.05, 3.63) is 12.7 Å². The highest BCUT2D eigenvalue weighted by atomic mass is 16.5. The Morgan fingerprint density at radius 1 is 1.60 bits per heavy atom. The minimum absolute atomic E-state index is 0.694. The van der Waals surface area contributed by atoms with Crippen LogP contribution in [0.5, 0.6) is 0 Å². The van der Waals surface area contributed by atoms with Crippen LogP contribution >= 0.6 is 0 Å². The Hall–Kier alpha value is -1.03. The molecule has 0 spiro atoms. The summed E-state index contributed by atoms with van der Waals surface area (Å²) in [5.41, 5.74) is 0. The summed E-state index contributed by atoms with van der Waals surface area (Å²) in [6.07, 6.45) is 4.08. The van der Waals surface area contributed by atoms with Crippen LogP contribution in [0.4, 0.5) is 0 Å². The third kappa shape index (κ3) is 6.96. The number of hydrogen-bond donors (Lipinski definition) is 1. The van der Waals surface area contributed by atoms with Gasteiger partial charge in [-0.2, -0.15) is 0 Å². The number of aliphatic imine (C=N–C) groups is 1. The van der Waals surface area contributed by atoms with Gasteiger partial charge < -0.3 is 15.0 Å². The van der Waals surface area contributed by atoms with E-state index in [1.54, 1.807) is 14.2 Å². The number of nitrogens with zero attached hydrogens (tertiary/aromatic N) is 2. The molecule has 0 radical (unpaired) electrons. The van der Waals surface area contributed by atoms with Crippen LogP contribution in [0, 0.1) is 0 Å². The third-order valence-corrected chi connectivity index (χ3v) is 2.06. The van der Waals surface area contributed by atoms with E-state index in [9.17, 15) is 0 Å². The maximum atomic E-state index is 4.97. The van der Waals surface area contributed by atoms with Crippen LogP contribution in [0.1, 0.15) is 12.8 Å². The van der Waals surface area contributed by atoms with E-state index in [1.807, 2.05) is 13.1 Å². The Labute approximate surface area is 93.0 Å². The molecule has 0 bridgehead atoms. The van der Waals surface area contributed by atoms with Crippen LogP contribution in [-0.4, -0.2) is 51.8 Å². The number of methoxy groups -OCH3 is 1. The summed E-state index contributed by atoms with van der Waals surface area (Å²) < 4.78 is 4.97. The fraction of sp³-hybridized carbons (Fsp3) is 0.727. The van der Waals surface area contributed by atoms with Gasteiger partial charge in [0.05, 0.1) is 6.61 Å². The fourth-order valence-corrected chi connectivity index (χ4v) is 1.23. The van der Waals surface area contributed by atoms with Crippen molar-refractivity contribution in [1.82, 2.24) is 10.2 Å². The van der Waals surface area contributed by atoms with Gasteiger partial charge in [0.1, 0.15) is 0 Å². The lowest BCUT2D eigenvalue weighted by molar-refractivity contribution is 0.203. The highest BCUT2D eigenvalue weighted by Crippen LogP contribution is 1.93. The minimum Gasteiger partial charge on any atom is -0.383 e. The van der Waals surface area contributed by atoms with E-state index in [-0.39, 0.29) is 0 Å². The lowest BCUT2D eigenvalue weighted by Crippen LogP contribution is -2.40. The van der Waals surface area contributed by atoms with Gasteiger partial charge in [0.15, 0.2) is 5.96 Å². The van der Waals surface area contributed by atoms with Crippen LogP contribution < -0.4 is 5.32 Å². The maximum absolute atomic E-state index is 4.97. The lowest BCUT2D eigenvalue weighted by Gasteiger charge is -2.21. The van der Waals surface area contributed by atoms with Crippen LogP contribution in [0.15, 0.2) is 17.6 Å². The molecule has 4 nitrogen and oxygen atoms in total. The summed E-state index contributed by atoms with van der Waals surface area (Å²) in [7, 11) is 5.52. The molecule has 0 aliphatic carbocycles. The van der Waals surface area contributed by atoms with Gasteiger partial charge in [-0.3, -0.25) is 4.99 Å². The number of ether oxygens (including phenoxy) is 1. The smallest absolute Gasteiger partial charge is 0.193 e. The molecular formula is C11H23N3O. The van der Waals surface area contributed by atoms with Crippen molar-refractivity contribution < 1.29 is 4.74 Å². The van der Waals surface area contributed by atoms with Gasteiger partial charge in [-0.15, -0.1) is 6.58 Å². The summed E-state index contributed by atoms with van der Waals surface area (Å²) in [6.45, 7) is 6.17. The first-order valence-electron chi connectivity index (χ1n) is 5.27. The van der Waals surface area contributed by atoms with E-state index in [0.717, 1.165) is 31.9 Å². The predicted molar refractivity (Wildman–Crippen MR) is 65.3 cm³/mol. The van der Waals surface area contributed by atoms with E-state index < -0.39 is 0 Å². The van der Waals surface area contributed by atoms with Crippen molar-refractivity contribution in [2.24, 2.45) is 4.99 Å². The third-order valence-electron chi connectivity index (χ3n) is 2.06. The number of unbranched alkanes of at least 4 members (excludes halogenated alkanes) is 1. The molecule has 15 heavy (non-hydrogen) atoms. The quantitative estimate of drug-likeness (QED) is 0.298. The summed E-state index contributed by atoms with van der Waals surface area (Å²) >= 11 is 0. The first-order chi connectivity index (χ1) is 7.26. The van der Waals surface area contributed by atoms with Gasteiger partial charge in [-0.25, -0.2) is 0 Å². The second-order valence-corrected chi connectivity index (χ2v) is 3.32. The van der Waals surface area contributed by atoms with Gasteiger partial charge >= 0.3 is 0 Å². The van der Waals surface area contributed by atoms with E-state index in [4.69, 9.17) is 4.74 Å². The van der Waals surface area contributed by atoms with E-state index in [2.05, 4.69) is 21.8 Å². The topological polar surface area (TPSA) is 36.9 Å². The second kappa shape index (κ2) is 9.52. The van der Waals surface area contributed by atoms with Gasteiger partial charge in [-0.1, -0.05) is 6.08 Å². The summed E-state index contributed by atoms with van der Waals surface area (Å²) in [6, 6.07) is 0. The molecule has 88 valence electrons. The van der Waals surface area contributed by atoms with Crippen LogP contribution in [0.3, 0.4) is 0 Å². The molecule has 0 aromatic carbocycles. The highest BCUT2D eigenvalue weighted by Gasteiger charge is 2.03. The first-order valence-corrected chi connectivity index (χ1v) is 5.27. The van der Waals surface area contributed by atoms with E-state index in [0.29, 0.717) is 6.61 Å². The Kier molecular flexibility index (Phi) is 8.87. The van der Waals surface area contributed by atoms with Gasteiger partial charge in [0, 0.05) is 34.3 Å². The lowest BCUT2D eigenvalue weighted by atomic mass is 10.3. The van der Waals surface area contributed by atoms with Crippen molar-refractivity contribution in [2.45, 2.75) is 12.8 Å². The van der Waals surface area contributed by atoms with Gasteiger partial charge in [0.2, 0.25) is 0 Å². The van der Waals surface area contributed by atoms with Crippen LogP contribution in [0.25, 0.3) is 0 Å². The minimum atomic E-state index is 0.694. The molecular weight excluding hydrogens is 190 g/mol. The number of rotatable bonds is 7. The monoisotopic (exact) mass is 213 g/mol. The molecule has 0 fully saturated rings. The molecule has 0 unspecified atom stereocenters. The Morgan fingerprint density at radius 2 is 2.33 bits per heavy atom. The summed E-state index contributed by atoms with van der Waals surface area (Å²) in [4.78, 5) is 6.30. The Balaban J connectivity index is 3.78. The molecule has 0 saturated heterocycles. The van der Waals surface area contributed by atoms with Crippen molar-refractivity contribution in [3.63, 3.8) is 0 Å². The molecule has 4 heteroatoms. The molecule has 0 rings (SSSR count). The normalized spacial score (nSPS) is 11.3. The largest absolute Gasteiger partial charge is 0.383 e. The Morgan fingerprint density at radius 3 is 2.87 bits per heavy atom. The molecule has 1 N–H and O–H groups in total. The zero-order valence-corrected chi connectivity index (χ0v) is 10.1. The zero-order chi connectivity index (χ0) is 11.5. The average molecular weight is 213 g/mol. The highest BCUT2D eigenvalue weighted by molar-refractivity contribution is 5.79. The molecule has 0 heterocycles. The first kappa shape index (κ1) is 14.0. The standard InChI is InChI=1S/C11H23N3O/c1-5-6-7-9-14(3)11(12-2)13-8-10-15-4/h5H,1,6-10H2,2-4H3,(H,12,13). The van der Waals surface area contributed by atoms with Crippen molar-refractivity contribution in [1.29, 1.82) is 0 Å². The molecule has 0 aromatic rings. The van der Waals surface area contributed by atoms with E-state index >= 15 is 0 Å². The summed E-state index contributed by atoms with van der Waals surface area (Å²) in [5.74, 6) is 0.913. The van der Waals surface area contributed by atoms with Gasteiger partial charge in [-0.05, 0) is 12.8 Å². The molecule has 0 saturated carbocycles. The number of guanidine groups is 1.